The molecule has 3 aliphatic rings. The largest absolute Gasteiger partial charge is 0.504 e. The van der Waals surface area contributed by atoms with E-state index in [0.717, 1.165) is 63.6 Å². The Morgan fingerprint density at radius 3 is 2.69 bits per heavy atom. The summed E-state index contributed by atoms with van der Waals surface area (Å²) in [6, 6.07) is 5.41. The Morgan fingerprint density at radius 1 is 1.14 bits per heavy atom. The average molecular weight is 403 g/mol. The summed E-state index contributed by atoms with van der Waals surface area (Å²) in [5.41, 5.74) is 0.342. The molecule has 3 atom stereocenters. The SMILES string of the molecule is COc1cc([C@H]2[C@H]3CCCC[C@@]3(O)CCN2CC(=O)N2CCCCC2)ccc1O. The number of methoxy groups -OCH3 is 1. The van der Waals surface area contributed by atoms with Crippen LogP contribution in [-0.2, 0) is 4.79 Å². The molecule has 1 aliphatic carbocycles. The minimum absolute atomic E-state index is 0.0442. The molecular formula is C23H34N2O4. The van der Waals surface area contributed by atoms with Crippen LogP contribution in [0.5, 0.6) is 11.5 Å². The molecule has 1 aromatic rings. The van der Waals surface area contributed by atoms with Crippen molar-refractivity contribution in [1.82, 2.24) is 9.80 Å². The van der Waals surface area contributed by atoms with Gasteiger partial charge in [0.2, 0.25) is 5.91 Å². The highest BCUT2D eigenvalue weighted by Crippen LogP contribution is 2.50. The highest BCUT2D eigenvalue weighted by atomic mass is 16.5. The van der Waals surface area contributed by atoms with Gasteiger partial charge in [-0.05, 0) is 56.2 Å². The highest BCUT2D eigenvalue weighted by molar-refractivity contribution is 5.78. The van der Waals surface area contributed by atoms with Gasteiger partial charge in [0.25, 0.3) is 0 Å². The van der Waals surface area contributed by atoms with E-state index in [1.807, 2.05) is 17.0 Å². The van der Waals surface area contributed by atoms with Crippen LogP contribution in [0.15, 0.2) is 18.2 Å². The summed E-state index contributed by atoms with van der Waals surface area (Å²) in [5, 5.41) is 21.5. The number of carbonyl (C=O) groups excluding carboxylic acids is 1. The van der Waals surface area contributed by atoms with Crippen molar-refractivity contribution in [3.63, 3.8) is 0 Å². The molecule has 0 radical (unpaired) electrons. The van der Waals surface area contributed by atoms with E-state index in [-0.39, 0.29) is 23.6 Å². The van der Waals surface area contributed by atoms with E-state index in [1.165, 1.54) is 6.42 Å². The second-order valence-corrected chi connectivity index (χ2v) is 8.99. The van der Waals surface area contributed by atoms with E-state index < -0.39 is 5.60 Å². The number of piperidine rings is 2. The predicted molar refractivity (Wildman–Crippen MR) is 111 cm³/mol. The fourth-order valence-electron chi connectivity index (χ4n) is 5.66. The number of rotatable bonds is 4. The molecule has 160 valence electrons. The van der Waals surface area contributed by atoms with Crippen molar-refractivity contribution in [2.45, 2.75) is 63.0 Å². The molecule has 6 nitrogen and oxygen atoms in total. The Hall–Kier alpha value is -1.79. The summed E-state index contributed by atoms with van der Waals surface area (Å²) in [6.45, 7) is 2.82. The van der Waals surface area contributed by atoms with Crippen LogP contribution in [0, 0.1) is 5.92 Å². The minimum atomic E-state index is -0.668. The first-order valence-electron chi connectivity index (χ1n) is 11.1. The van der Waals surface area contributed by atoms with Gasteiger partial charge in [0.1, 0.15) is 0 Å². The maximum absolute atomic E-state index is 13.0. The van der Waals surface area contributed by atoms with Gasteiger partial charge in [-0.25, -0.2) is 0 Å². The Bertz CT molecular complexity index is 734. The fourth-order valence-corrected chi connectivity index (χ4v) is 5.66. The predicted octanol–water partition coefficient (Wildman–Crippen LogP) is 3.08. The standard InChI is InChI=1S/C23H34N2O4/c1-29-20-15-17(8-9-19(20)26)22-18-7-3-4-10-23(18,28)11-14-25(22)16-21(27)24-12-5-2-6-13-24/h8-9,15,18,22,26,28H,2-7,10-14,16H2,1H3/t18-,22+,23-/m1/s1. The summed E-state index contributed by atoms with van der Waals surface area (Å²) in [4.78, 5) is 17.3. The molecule has 1 amide bonds. The van der Waals surface area contributed by atoms with Crippen molar-refractivity contribution in [2.24, 2.45) is 5.92 Å². The number of phenols is 1. The van der Waals surface area contributed by atoms with E-state index in [9.17, 15) is 15.0 Å². The zero-order valence-corrected chi connectivity index (χ0v) is 17.5. The topological polar surface area (TPSA) is 73.2 Å². The first kappa shape index (κ1) is 20.5. The van der Waals surface area contributed by atoms with Crippen molar-refractivity contribution in [2.75, 3.05) is 33.3 Å². The first-order valence-corrected chi connectivity index (χ1v) is 11.1. The summed E-state index contributed by atoms with van der Waals surface area (Å²) < 4.78 is 5.34. The lowest BCUT2D eigenvalue weighted by Crippen LogP contribution is -2.56. The molecule has 2 aliphatic heterocycles. The van der Waals surface area contributed by atoms with Crippen LogP contribution < -0.4 is 4.74 Å². The molecule has 2 saturated heterocycles. The van der Waals surface area contributed by atoms with Crippen LogP contribution in [0.2, 0.25) is 0 Å². The van der Waals surface area contributed by atoms with E-state index in [2.05, 4.69) is 4.90 Å². The van der Waals surface area contributed by atoms with Crippen molar-refractivity contribution in [3.05, 3.63) is 23.8 Å². The van der Waals surface area contributed by atoms with E-state index in [1.54, 1.807) is 13.2 Å². The van der Waals surface area contributed by atoms with Gasteiger partial charge >= 0.3 is 0 Å². The maximum Gasteiger partial charge on any atom is 0.236 e. The highest BCUT2D eigenvalue weighted by Gasteiger charge is 2.49. The normalized spacial score (nSPS) is 30.6. The number of aromatic hydroxyl groups is 1. The maximum atomic E-state index is 13.0. The molecule has 2 heterocycles. The van der Waals surface area contributed by atoms with Crippen molar-refractivity contribution in [1.29, 1.82) is 0 Å². The van der Waals surface area contributed by atoms with Gasteiger partial charge in [-0.15, -0.1) is 0 Å². The average Bonchev–Trinajstić information content (AvgIpc) is 2.75. The van der Waals surface area contributed by atoms with Crippen molar-refractivity contribution in [3.8, 4) is 11.5 Å². The smallest absolute Gasteiger partial charge is 0.236 e. The number of hydrogen-bond acceptors (Lipinski definition) is 5. The summed E-state index contributed by atoms with van der Waals surface area (Å²) >= 11 is 0. The lowest BCUT2D eigenvalue weighted by molar-refractivity contribution is -0.145. The molecule has 29 heavy (non-hydrogen) atoms. The van der Waals surface area contributed by atoms with E-state index in [0.29, 0.717) is 18.8 Å². The van der Waals surface area contributed by atoms with Crippen molar-refractivity contribution >= 4 is 5.91 Å². The number of hydrogen-bond donors (Lipinski definition) is 2. The summed E-state index contributed by atoms with van der Waals surface area (Å²) in [5.74, 6) is 0.840. The lowest BCUT2D eigenvalue weighted by Gasteiger charge is -2.52. The van der Waals surface area contributed by atoms with E-state index in [4.69, 9.17) is 4.74 Å². The number of benzene rings is 1. The van der Waals surface area contributed by atoms with Crippen LogP contribution in [0.4, 0.5) is 0 Å². The monoisotopic (exact) mass is 402 g/mol. The minimum Gasteiger partial charge on any atom is -0.504 e. The molecule has 6 heteroatoms. The van der Waals surface area contributed by atoms with Gasteiger partial charge in [0, 0.05) is 31.6 Å². The van der Waals surface area contributed by atoms with Crippen LogP contribution in [0.3, 0.4) is 0 Å². The molecule has 0 aromatic heterocycles. The molecule has 0 spiro atoms. The zero-order valence-electron chi connectivity index (χ0n) is 17.5. The number of amides is 1. The number of phenolic OH excluding ortho intramolecular Hbond substituents is 1. The van der Waals surface area contributed by atoms with Crippen molar-refractivity contribution < 1.29 is 19.7 Å². The lowest BCUT2D eigenvalue weighted by atomic mass is 9.66. The molecule has 0 bridgehead atoms. The van der Waals surface area contributed by atoms with Crippen LogP contribution in [-0.4, -0.2) is 64.8 Å². The Kier molecular flexibility index (Phi) is 6.02. The van der Waals surface area contributed by atoms with Gasteiger partial charge in [0.15, 0.2) is 11.5 Å². The Morgan fingerprint density at radius 2 is 1.93 bits per heavy atom. The van der Waals surface area contributed by atoms with Gasteiger partial charge in [0.05, 0.1) is 19.3 Å². The van der Waals surface area contributed by atoms with Gasteiger partial charge in [-0.1, -0.05) is 18.9 Å². The molecular weight excluding hydrogens is 368 g/mol. The number of carbonyl (C=O) groups is 1. The van der Waals surface area contributed by atoms with Crippen LogP contribution in [0.1, 0.15) is 63.0 Å². The Labute approximate surface area is 173 Å². The van der Waals surface area contributed by atoms with Crippen LogP contribution in [0.25, 0.3) is 0 Å². The van der Waals surface area contributed by atoms with E-state index >= 15 is 0 Å². The molecule has 1 aromatic carbocycles. The van der Waals surface area contributed by atoms with Gasteiger partial charge < -0.3 is 19.8 Å². The second-order valence-electron chi connectivity index (χ2n) is 8.99. The number of ether oxygens (including phenoxy) is 1. The zero-order chi connectivity index (χ0) is 20.4. The van der Waals surface area contributed by atoms with Gasteiger partial charge in [-0.2, -0.15) is 0 Å². The third kappa shape index (κ3) is 4.10. The molecule has 4 rings (SSSR count). The number of likely N-dealkylation sites (tertiary alicyclic amines) is 2. The summed E-state index contributed by atoms with van der Waals surface area (Å²) in [6.07, 6.45) is 8.06. The van der Waals surface area contributed by atoms with Crippen LogP contribution >= 0.6 is 0 Å². The van der Waals surface area contributed by atoms with Gasteiger partial charge in [-0.3, -0.25) is 9.69 Å². The molecule has 2 N–H and O–H groups in total. The molecule has 0 unspecified atom stereocenters. The number of aliphatic hydroxyl groups is 1. The number of fused-ring (bicyclic) bond motifs is 1. The number of nitrogens with zero attached hydrogens (tertiary/aromatic N) is 2. The summed E-state index contributed by atoms with van der Waals surface area (Å²) in [7, 11) is 1.55. The fraction of sp³-hybridized carbons (Fsp3) is 0.696. The quantitative estimate of drug-likeness (QED) is 0.810. The second kappa shape index (κ2) is 8.52. The third-order valence-corrected chi connectivity index (χ3v) is 7.26. The molecule has 1 saturated carbocycles. The Balaban J connectivity index is 1.63. The molecule has 3 fully saturated rings. The first-order chi connectivity index (χ1) is 14.0. The third-order valence-electron chi connectivity index (χ3n) is 7.26.